The van der Waals surface area contributed by atoms with Crippen LogP contribution in [0.25, 0.3) is 0 Å². The van der Waals surface area contributed by atoms with Gasteiger partial charge in [0.25, 0.3) is 0 Å². The number of amides is 2. The van der Waals surface area contributed by atoms with Gasteiger partial charge in [-0.3, -0.25) is 14.6 Å². The van der Waals surface area contributed by atoms with Crippen molar-refractivity contribution in [2.75, 3.05) is 17.3 Å². The van der Waals surface area contributed by atoms with E-state index in [9.17, 15) is 9.59 Å². The van der Waals surface area contributed by atoms with Gasteiger partial charge >= 0.3 is 0 Å². The Balaban J connectivity index is 1.59. The molecular formula is C22H25N3O2. The van der Waals surface area contributed by atoms with Crippen LogP contribution in [-0.2, 0) is 15.0 Å². The third-order valence-corrected chi connectivity index (χ3v) is 6.27. The second-order valence-corrected chi connectivity index (χ2v) is 8.12. The second kappa shape index (κ2) is 6.48. The van der Waals surface area contributed by atoms with Gasteiger partial charge in [0.05, 0.1) is 5.41 Å². The first-order valence-corrected chi connectivity index (χ1v) is 9.51. The fourth-order valence-electron chi connectivity index (χ4n) is 4.79. The Bertz CT molecular complexity index is 849. The lowest BCUT2D eigenvalue weighted by atomic mass is 9.43. The van der Waals surface area contributed by atoms with Gasteiger partial charge in [-0.2, -0.15) is 0 Å². The first kappa shape index (κ1) is 17.7. The molecule has 0 unspecified atom stereocenters. The highest BCUT2D eigenvalue weighted by Crippen LogP contribution is 2.65. The number of hydrogen-bond donors (Lipinski definition) is 1. The fourth-order valence-corrected chi connectivity index (χ4v) is 4.79. The van der Waals surface area contributed by atoms with Gasteiger partial charge in [-0.15, -0.1) is 0 Å². The molecule has 0 atom stereocenters. The first-order valence-electron chi connectivity index (χ1n) is 9.51. The lowest BCUT2D eigenvalue weighted by Crippen LogP contribution is -2.60. The van der Waals surface area contributed by atoms with Gasteiger partial charge in [-0.25, -0.2) is 0 Å². The van der Waals surface area contributed by atoms with E-state index in [4.69, 9.17) is 0 Å². The highest BCUT2D eigenvalue weighted by Gasteiger charge is 2.62. The van der Waals surface area contributed by atoms with Gasteiger partial charge in [0.1, 0.15) is 0 Å². The molecule has 2 aromatic rings. The summed E-state index contributed by atoms with van der Waals surface area (Å²) in [6.07, 6.45) is 9.17. The van der Waals surface area contributed by atoms with Gasteiger partial charge in [-0.1, -0.05) is 12.5 Å². The van der Waals surface area contributed by atoms with Crippen LogP contribution in [0.1, 0.15) is 44.6 Å². The van der Waals surface area contributed by atoms with Crippen LogP contribution in [0.2, 0.25) is 0 Å². The molecule has 1 spiro atoms. The molecule has 1 heterocycles. The largest absolute Gasteiger partial charge is 0.326 e. The van der Waals surface area contributed by atoms with Crippen LogP contribution in [0, 0.1) is 5.41 Å². The van der Waals surface area contributed by atoms with Crippen molar-refractivity contribution in [1.82, 2.24) is 4.98 Å². The van der Waals surface area contributed by atoms with Crippen molar-refractivity contribution in [3.8, 4) is 0 Å². The zero-order valence-electron chi connectivity index (χ0n) is 15.9. The number of carbonyl (C=O) groups is 2. The number of nitrogens with one attached hydrogen (secondary N) is 1. The fraction of sp³-hybridized carbons (Fsp3) is 0.409. The minimum Gasteiger partial charge on any atom is -0.326 e. The van der Waals surface area contributed by atoms with Crippen LogP contribution in [0.15, 0.2) is 48.8 Å². The van der Waals surface area contributed by atoms with E-state index in [0.29, 0.717) is 5.41 Å². The van der Waals surface area contributed by atoms with Crippen molar-refractivity contribution >= 4 is 23.2 Å². The van der Waals surface area contributed by atoms with Gasteiger partial charge < -0.3 is 10.2 Å². The number of pyridine rings is 1. The van der Waals surface area contributed by atoms with E-state index in [1.54, 1.807) is 11.1 Å². The molecule has 1 aromatic carbocycles. The van der Waals surface area contributed by atoms with Crippen LogP contribution < -0.4 is 10.2 Å². The van der Waals surface area contributed by atoms with Crippen molar-refractivity contribution in [3.05, 3.63) is 54.4 Å². The summed E-state index contributed by atoms with van der Waals surface area (Å²) >= 11 is 0. The lowest BCUT2D eigenvalue weighted by Gasteiger charge is -2.60. The summed E-state index contributed by atoms with van der Waals surface area (Å²) < 4.78 is 0. The van der Waals surface area contributed by atoms with Crippen molar-refractivity contribution in [2.45, 2.75) is 44.4 Å². The normalized spacial score (nSPS) is 18.9. The van der Waals surface area contributed by atoms with Crippen LogP contribution in [0.3, 0.4) is 0 Å². The molecule has 2 aliphatic rings. The van der Waals surface area contributed by atoms with E-state index in [1.807, 2.05) is 49.6 Å². The van der Waals surface area contributed by atoms with Gasteiger partial charge in [-0.05, 0) is 67.0 Å². The number of carbonyl (C=O) groups excluding carboxylic acids is 2. The summed E-state index contributed by atoms with van der Waals surface area (Å²) in [5, 5.41) is 2.75. The average molecular weight is 363 g/mol. The SMILES string of the molecule is CC(=O)Nc1ccc(N(C)C(=O)C2(c3cccnc3)CC3(CCC3)C2)cc1. The highest BCUT2D eigenvalue weighted by atomic mass is 16.2. The van der Waals surface area contributed by atoms with E-state index >= 15 is 0 Å². The highest BCUT2D eigenvalue weighted by molar-refractivity contribution is 6.02. The minimum absolute atomic E-state index is 0.108. The summed E-state index contributed by atoms with van der Waals surface area (Å²) in [5.41, 5.74) is 2.47. The minimum atomic E-state index is -0.472. The lowest BCUT2D eigenvalue weighted by molar-refractivity contribution is -0.139. The molecule has 140 valence electrons. The molecule has 27 heavy (non-hydrogen) atoms. The molecule has 0 bridgehead atoms. The van der Waals surface area contributed by atoms with E-state index in [-0.39, 0.29) is 11.8 Å². The molecule has 5 heteroatoms. The van der Waals surface area contributed by atoms with Crippen LogP contribution in [0.4, 0.5) is 11.4 Å². The van der Waals surface area contributed by atoms with Gasteiger partial charge in [0.2, 0.25) is 11.8 Å². The summed E-state index contributed by atoms with van der Waals surface area (Å²) in [7, 11) is 1.83. The smallest absolute Gasteiger partial charge is 0.237 e. The molecule has 0 radical (unpaired) electrons. The number of anilines is 2. The maximum absolute atomic E-state index is 13.6. The Morgan fingerprint density at radius 1 is 1.11 bits per heavy atom. The third kappa shape index (κ3) is 3.01. The standard InChI is InChI=1S/C22H25N3O2/c1-16(26)24-18-6-8-19(9-7-18)25(2)20(27)22(17-5-3-12-23-13-17)14-21(15-22)10-4-11-21/h3,5-9,12-13H,4,10-11,14-15H2,1-2H3,(H,24,26). The van der Waals surface area contributed by atoms with Gasteiger partial charge in [0.15, 0.2) is 0 Å². The number of aromatic nitrogens is 1. The van der Waals surface area contributed by atoms with Crippen LogP contribution in [0.5, 0.6) is 0 Å². The van der Waals surface area contributed by atoms with Crippen molar-refractivity contribution < 1.29 is 9.59 Å². The maximum atomic E-state index is 13.6. The predicted molar refractivity (Wildman–Crippen MR) is 106 cm³/mol. The molecule has 0 saturated heterocycles. The average Bonchev–Trinajstić information content (AvgIpc) is 2.60. The second-order valence-electron chi connectivity index (χ2n) is 8.12. The van der Waals surface area contributed by atoms with Gasteiger partial charge in [0, 0.05) is 37.7 Å². The molecule has 4 rings (SSSR count). The first-order chi connectivity index (χ1) is 12.9. The van der Waals surface area contributed by atoms with Crippen molar-refractivity contribution in [2.24, 2.45) is 5.41 Å². The Morgan fingerprint density at radius 2 is 1.81 bits per heavy atom. The molecule has 1 aromatic heterocycles. The Kier molecular flexibility index (Phi) is 4.25. The maximum Gasteiger partial charge on any atom is 0.237 e. The number of hydrogen-bond acceptors (Lipinski definition) is 3. The zero-order chi connectivity index (χ0) is 19.1. The molecule has 2 saturated carbocycles. The summed E-state index contributed by atoms with van der Waals surface area (Å²) in [5.74, 6) is 0.0169. The quantitative estimate of drug-likeness (QED) is 0.896. The van der Waals surface area contributed by atoms with Crippen LogP contribution >= 0.6 is 0 Å². The number of likely N-dealkylation sites (N-methyl/N-ethyl adjacent to an activating group) is 1. The molecule has 1 N–H and O–H groups in total. The van der Waals surface area contributed by atoms with E-state index < -0.39 is 5.41 Å². The number of benzene rings is 1. The summed E-state index contributed by atoms with van der Waals surface area (Å²) in [6.45, 7) is 1.48. The molecule has 0 aliphatic heterocycles. The molecular weight excluding hydrogens is 338 g/mol. The summed E-state index contributed by atoms with van der Waals surface area (Å²) in [4.78, 5) is 30.8. The Labute approximate surface area is 159 Å². The number of nitrogens with zero attached hydrogens (tertiary/aromatic N) is 2. The molecule has 2 aliphatic carbocycles. The molecule has 2 amide bonds. The van der Waals surface area contributed by atoms with Crippen molar-refractivity contribution in [1.29, 1.82) is 0 Å². The zero-order valence-corrected chi connectivity index (χ0v) is 15.9. The molecule has 5 nitrogen and oxygen atoms in total. The van der Waals surface area contributed by atoms with E-state index in [0.717, 1.165) is 29.8 Å². The summed E-state index contributed by atoms with van der Waals surface area (Å²) in [6, 6.07) is 11.3. The Morgan fingerprint density at radius 3 is 2.33 bits per heavy atom. The molecule has 2 fully saturated rings. The number of rotatable bonds is 4. The Hall–Kier alpha value is -2.69. The topological polar surface area (TPSA) is 62.3 Å². The van der Waals surface area contributed by atoms with E-state index in [2.05, 4.69) is 10.3 Å². The van der Waals surface area contributed by atoms with Crippen molar-refractivity contribution in [3.63, 3.8) is 0 Å². The predicted octanol–water partition coefficient (Wildman–Crippen LogP) is 3.90. The third-order valence-electron chi connectivity index (χ3n) is 6.27. The monoisotopic (exact) mass is 363 g/mol. The van der Waals surface area contributed by atoms with E-state index in [1.165, 1.54) is 26.2 Å². The van der Waals surface area contributed by atoms with Crippen LogP contribution in [-0.4, -0.2) is 23.8 Å².